The van der Waals surface area contributed by atoms with Crippen molar-refractivity contribution in [3.05, 3.63) is 81.3 Å². The molecular weight excluding hydrogens is 630 g/mol. The average molecular weight is 670 g/mol. The monoisotopic (exact) mass is 669 g/mol. The van der Waals surface area contributed by atoms with Crippen LogP contribution in [0.25, 0.3) is 0 Å². The second-order valence-electron chi connectivity index (χ2n) is 12.9. The third kappa shape index (κ3) is 5.86. The van der Waals surface area contributed by atoms with Gasteiger partial charge < -0.3 is 19.9 Å². The van der Waals surface area contributed by atoms with Crippen LogP contribution in [0, 0.1) is 11.8 Å². The Morgan fingerprint density at radius 2 is 1.71 bits per heavy atom. The van der Waals surface area contributed by atoms with Crippen molar-refractivity contribution in [3.8, 4) is 5.75 Å². The summed E-state index contributed by atoms with van der Waals surface area (Å²) in [6.07, 6.45) is 5.48. The van der Waals surface area contributed by atoms with Crippen LogP contribution in [0.3, 0.4) is 0 Å². The number of hydrogen-bond donors (Lipinski definition) is 1. The minimum absolute atomic E-state index is 0.0370. The molecular formula is C36H39N5O6S. The Hall–Kier alpha value is -4.58. The maximum Gasteiger partial charge on any atom is 0.265 e. The molecule has 12 heteroatoms. The molecule has 1 saturated carbocycles. The van der Waals surface area contributed by atoms with Gasteiger partial charge in [-0.3, -0.25) is 33.9 Å². The number of thiazole rings is 1. The van der Waals surface area contributed by atoms with E-state index < -0.39 is 17.9 Å². The summed E-state index contributed by atoms with van der Waals surface area (Å²) in [6, 6.07) is 11.9. The number of fused-ring (bicyclic) bond motifs is 2. The summed E-state index contributed by atoms with van der Waals surface area (Å²) in [6.45, 7) is 3.67. The smallest absolute Gasteiger partial charge is 0.265 e. The van der Waals surface area contributed by atoms with Gasteiger partial charge in [-0.25, -0.2) is 0 Å². The average Bonchev–Trinajstić information content (AvgIpc) is 3.87. The Labute approximate surface area is 283 Å². The molecule has 2 fully saturated rings. The zero-order valence-electron chi connectivity index (χ0n) is 26.9. The highest BCUT2D eigenvalue weighted by Gasteiger charge is 2.45. The summed E-state index contributed by atoms with van der Waals surface area (Å²) in [7, 11) is 0. The van der Waals surface area contributed by atoms with E-state index in [1.54, 1.807) is 45.8 Å². The predicted octanol–water partition coefficient (Wildman–Crippen LogP) is 4.10. The van der Waals surface area contributed by atoms with Crippen molar-refractivity contribution >= 4 is 40.9 Å². The summed E-state index contributed by atoms with van der Waals surface area (Å²) < 4.78 is 6.65. The van der Waals surface area contributed by atoms with Crippen LogP contribution in [0.5, 0.6) is 5.75 Å². The molecule has 3 aliphatic heterocycles. The lowest BCUT2D eigenvalue weighted by Crippen LogP contribution is -2.51. The molecule has 1 saturated heterocycles. The maximum atomic E-state index is 14.6. The number of rotatable bonds is 8. The number of aromatic nitrogens is 1. The Morgan fingerprint density at radius 3 is 2.42 bits per heavy atom. The first-order valence-electron chi connectivity index (χ1n) is 16.8. The van der Waals surface area contributed by atoms with E-state index in [9.17, 15) is 24.0 Å². The first kappa shape index (κ1) is 32.0. The lowest BCUT2D eigenvalue weighted by Gasteiger charge is -2.43. The lowest BCUT2D eigenvalue weighted by molar-refractivity contribution is -0.146. The topological polar surface area (TPSA) is 129 Å². The van der Waals surface area contributed by atoms with Crippen LogP contribution < -0.4 is 10.1 Å². The summed E-state index contributed by atoms with van der Waals surface area (Å²) in [5.74, 6) is -1.44. The zero-order chi connectivity index (χ0) is 33.4. The van der Waals surface area contributed by atoms with Crippen LogP contribution >= 0.6 is 11.3 Å². The third-order valence-electron chi connectivity index (χ3n) is 10.1. The van der Waals surface area contributed by atoms with Gasteiger partial charge in [-0.1, -0.05) is 37.1 Å². The van der Waals surface area contributed by atoms with E-state index in [1.807, 2.05) is 25.1 Å². The Kier molecular flexibility index (Phi) is 9.00. The molecule has 0 radical (unpaired) electrons. The maximum absolute atomic E-state index is 14.6. The largest absolute Gasteiger partial charge is 0.488 e. The molecule has 4 heterocycles. The Balaban J connectivity index is 1.21. The van der Waals surface area contributed by atoms with Crippen molar-refractivity contribution in [2.45, 2.75) is 57.6 Å². The molecule has 1 aliphatic carbocycles. The molecule has 3 aromatic rings. The molecule has 4 atom stereocenters. The number of carbonyl (C=O) groups excluding carboxylic acids is 5. The molecule has 2 aromatic carbocycles. The molecule has 0 spiro atoms. The van der Waals surface area contributed by atoms with Gasteiger partial charge in [-0.15, -0.1) is 11.3 Å². The molecule has 0 unspecified atom stereocenters. The normalized spacial score (nSPS) is 23.6. The highest BCUT2D eigenvalue weighted by Crippen LogP contribution is 2.42. The number of imide groups is 1. The van der Waals surface area contributed by atoms with Crippen molar-refractivity contribution in [3.63, 3.8) is 0 Å². The summed E-state index contributed by atoms with van der Waals surface area (Å²) >= 11 is 1.31. The summed E-state index contributed by atoms with van der Waals surface area (Å²) in [4.78, 5) is 77.4. The van der Waals surface area contributed by atoms with Gasteiger partial charge in [0.15, 0.2) is 0 Å². The van der Waals surface area contributed by atoms with Crippen molar-refractivity contribution in [1.29, 1.82) is 0 Å². The molecule has 5 amide bonds. The van der Waals surface area contributed by atoms with Crippen molar-refractivity contribution in [2.75, 3.05) is 32.7 Å². The number of carbonyl (C=O) groups is 5. The highest BCUT2D eigenvalue weighted by atomic mass is 32.1. The van der Waals surface area contributed by atoms with Gasteiger partial charge in [0.2, 0.25) is 11.8 Å². The van der Waals surface area contributed by atoms with Gasteiger partial charge in [0, 0.05) is 43.5 Å². The summed E-state index contributed by atoms with van der Waals surface area (Å²) in [5, 5.41) is 2.92. The second-order valence-corrected chi connectivity index (χ2v) is 13.8. The van der Waals surface area contributed by atoms with Crippen LogP contribution in [0.1, 0.15) is 86.6 Å². The third-order valence-corrected chi connectivity index (χ3v) is 10.9. The number of amides is 5. The minimum Gasteiger partial charge on any atom is -0.488 e. The lowest BCUT2D eigenvalue weighted by atomic mass is 9.77. The van der Waals surface area contributed by atoms with Crippen molar-refractivity contribution < 1.29 is 28.7 Å². The van der Waals surface area contributed by atoms with Crippen molar-refractivity contribution in [2.24, 2.45) is 11.8 Å². The van der Waals surface area contributed by atoms with E-state index >= 15 is 0 Å². The molecule has 48 heavy (non-hydrogen) atoms. The number of benzene rings is 2. The van der Waals surface area contributed by atoms with Gasteiger partial charge in [-0.2, -0.15) is 0 Å². The number of hydrogen-bond acceptors (Lipinski definition) is 8. The van der Waals surface area contributed by atoms with E-state index in [2.05, 4.69) is 10.3 Å². The second kappa shape index (κ2) is 13.5. The fraction of sp³-hybridized carbons (Fsp3) is 0.444. The van der Waals surface area contributed by atoms with Crippen LogP contribution in [-0.4, -0.2) is 88.0 Å². The quantitative estimate of drug-likeness (QED) is 0.358. The molecule has 1 aromatic heterocycles. The van der Waals surface area contributed by atoms with Gasteiger partial charge in [0.05, 0.1) is 42.0 Å². The van der Waals surface area contributed by atoms with Crippen molar-refractivity contribution in [1.82, 2.24) is 25.0 Å². The molecule has 250 valence electrons. The van der Waals surface area contributed by atoms with E-state index in [0.717, 1.165) is 24.0 Å². The highest BCUT2D eigenvalue weighted by molar-refractivity contribution is 7.11. The Bertz CT molecular complexity index is 1710. The predicted molar refractivity (Wildman–Crippen MR) is 178 cm³/mol. The molecule has 0 bridgehead atoms. The Morgan fingerprint density at radius 1 is 0.958 bits per heavy atom. The van der Waals surface area contributed by atoms with Crippen LogP contribution in [0.2, 0.25) is 0 Å². The minimum atomic E-state index is -0.673. The first-order chi connectivity index (χ1) is 23.4. The number of likely N-dealkylation sites (tertiary alicyclic amines) is 1. The van der Waals surface area contributed by atoms with Gasteiger partial charge in [-0.05, 0) is 49.9 Å². The van der Waals surface area contributed by atoms with Gasteiger partial charge in [0.25, 0.3) is 17.7 Å². The number of ether oxygens (including phenoxy) is 1. The molecule has 1 N–H and O–H groups in total. The van der Waals surface area contributed by atoms with E-state index in [1.165, 1.54) is 16.2 Å². The van der Waals surface area contributed by atoms with E-state index in [-0.39, 0.29) is 42.2 Å². The van der Waals surface area contributed by atoms with E-state index in [4.69, 9.17) is 4.74 Å². The molecule has 11 nitrogen and oxygen atoms in total. The molecule has 7 rings (SSSR count). The van der Waals surface area contributed by atoms with Gasteiger partial charge >= 0.3 is 0 Å². The number of nitrogens with zero attached hydrogens (tertiary/aromatic N) is 4. The fourth-order valence-electron chi connectivity index (χ4n) is 7.80. The standard InChI is InChI=1S/C36H39N5O6S/c1-2-38-32(42)24-9-3-4-10-25(24)33(43)40-17-14-22-8-7-13-29(47-23-15-16-39(19-23)36(46)30-18-37-21-48-30)31(22)28(40)20-41-34(44)26-11-5-6-12-27(26)35(41)45/h5-8,11-13,18,21,23-25,28H,2-4,9-10,14-17,19-20H2,1H3,(H,38,42)/t23-,24-,25+,28+/m0/s1. The number of nitrogens with one attached hydrogen (secondary N) is 1. The van der Waals surface area contributed by atoms with Crippen LogP contribution in [-0.2, 0) is 16.0 Å². The fourth-order valence-corrected chi connectivity index (χ4v) is 8.38. The zero-order valence-corrected chi connectivity index (χ0v) is 27.7. The molecule has 4 aliphatic rings. The SMILES string of the molecule is CCNC(=O)[C@H]1CCCC[C@H]1C(=O)N1CCc2cccc(O[C@H]3CCN(C(=O)c4cncs4)C3)c2[C@H]1CN1C(=O)c2ccccc2C1=O. The first-order valence-corrected chi connectivity index (χ1v) is 17.7. The van der Waals surface area contributed by atoms with E-state index in [0.29, 0.717) is 73.6 Å². The van der Waals surface area contributed by atoms with Gasteiger partial charge in [0.1, 0.15) is 16.7 Å². The van der Waals surface area contributed by atoms with Crippen LogP contribution in [0.4, 0.5) is 0 Å². The van der Waals surface area contributed by atoms with Crippen LogP contribution in [0.15, 0.2) is 54.2 Å². The summed E-state index contributed by atoms with van der Waals surface area (Å²) in [5.41, 5.74) is 4.09.